The van der Waals surface area contributed by atoms with E-state index in [1.165, 1.54) is 0 Å². The Hall–Kier alpha value is -1.10. The van der Waals surface area contributed by atoms with E-state index < -0.39 is 11.9 Å². The molecule has 5 nitrogen and oxygen atoms in total. The van der Waals surface area contributed by atoms with Crippen molar-refractivity contribution in [1.29, 1.82) is 0 Å². The van der Waals surface area contributed by atoms with Gasteiger partial charge >= 0.3 is 0 Å². The predicted molar refractivity (Wildman–Crippen MR) is 59.2 cm³/mol. The van der Waals surface area contributed by atoms with Crippen molar-refractivity contribution < 1.29 is 9.59 Å². The molecule has 88 valence electrons. The zero-order valence-corrected chi connectivity index (χ0v) is 9.67. The van der Waals surface area contributed by atoms with Crippen molar-refractivity contribution >= 4 is 11.8 Å². The summed E-state index contributed by atoms with van der Waals surface area (Å²) in [7, 11) is 0. The summed E-state index contributed by atoms with van der Waals surface area (Å²) in [6, 6.07) is -0.187. The number of rotatable bonds is 7. The van der Waals surface area contributed by atoms with Crippen LogP contribution in [0.1, 0.15) is 33.6 Å². The molecule has 5 heteroatoms. The highest BCUT2D eigenvalue weighted by atomic mass is 16.2. The van der Waals surface area contributed by atoms with Crippen molar-refractivity contribution in [3.63, 3.8) is 0 Å². The Morgan fingerprint density at radius 1 is 1.27 bits per heavy atom. The van der Waals surface area contributed by atoms with Gasteiger partial charge in [-0.1, -0.05) is 13.8 Å². The highest BCUT2D eigenvalue weighted by molar-refractivity contribution is 5.83. The molecule has 0 aromatic heterocycles. The van der Waals surface area contributed by atoms with Gasteiger partial charge in [0.1, 0.15) is 0 Å². The molecule has 0 spiro atoms. The van der Waals surface area contributed by atoms with E-state index >= 15 is 0 Å². The maximum absolute atomic E-state index is 11.6. The largest absolute Gasteiger partial charge is 0.369 e. The molecule has 0 bridgehead atoms. The van der Waals surface area contributed by atoms with Crippen LogP contribution in [0.5, 0.6) is 0 Å². The van der Waals surface area contributed by atoms with E-state index in [0.717, 1.165) is 12.8 Å². The number of carbonyl (C=O) groups is 2. The molecule has 0 rings (SSSR count). The number of nitrogens with two attached hydrogens (primary N) is 1. The first kappa shape index (κ1) is 13.9. The van der Waals surface area contributed by atoms with E-state index in [4.69, 9.17) is 5.73 Å². The van der Waals surface area contributed by atoms with Crippen molar-refractivity contribution in [1.82, 2.24) is 10.6 Å². The van der Waals surface area contributed by atoms with Crippen molar-refractivity contribution in [2.24, 2.45) is 5.73 Å². The minimum Gasteiger partial charge on any atom is -0.369 e. The van der Waals surface area contributed by atoms with Crippen LogP contribution in [0.25, 0.3) is 0 Å². The maximum atomic E-state index is 11.6. The minimum atomic E-state index is -0.461. The summed E-state index contributed by atoms with van der Waals surface area (Å²) in [4.78, 5) is 22.0. The van der Waals surface area contributed by atoms with Crippen LogP contribution < -0.4 is 16.4 Å². The molecule has 0 aromatic rings. The summed E-state index contributed by atoms with van der Waals surface area (Å²) < 4.78 is 0. The second kappa shape index (κ2) is 7.23. The molecule has 0 saturated carbocycles. The first-order valence-corrected chi connectivity index (χ1v) is 5.33. The third kappa shape index (κ3) is 6.06. The summed E-state index contributed by atoms with van der Waals surface area (Å²) in [6.07, 6.45) is 1.82. The average Bonchev–Trinajstić information content (AvgIpc) is 2.21. The normalized spacial score (nSPS) is 12.5. The van der Waals surface area contributed by atoms with Gasteiger partial charge in [0.2, 0.25) is 11.8 Å². The monoisotopic (exact) mass is 215 g/mol. The number of nitrogens with one attached hydrogen (secondary N) is 2. The lowest BCUT2D eigenvalue weighted by Crippen LogP contribution is -2.47. The minimum absolute atomic E-state index is 0.0253. The van der Waals surface area contributed by atoms with Crippen LogP contribution in [0.15, 0.2) is 0 Å². The topological polar surface area (TPSA) is 84.2 Å². The highest BCUT2D eigenvalue weighted by Crippen LogP contribution is 1.96. The van der Waals surface area contributed by atoms with Crippen LogP contribution >= 0.6 is 0 Å². The molecule has 4 N–H and O–H groups in total. The molecule has 0 heterocycles. The SMILES string of the molecule is CCC(CC)NC(=O)C(C)NCC(N)=O. The van der Waals surface area contributed by atoms with E-state index in [1.807, 2.05) is 13.8 Å². The Morgan fingerprint density at radius 2 is 1.80 bits per heavy atom. The van der Waals surface area contributed by atoms with Crippen molar-refractivity contribution in [2.45, 2.75) is 45.7 Å². The smallest absolute Gasteiger partial charge is 0.237 e. The lowest BCUT2D eigenvalue weighted by atomic mass is 10.1. The fraction of sp³-hybridized carbons (Fsp3) is 0.800. The lowest BCUT2D eigenvalue weighted by molar-refractivity contribution is -0.123. The van der Waals surface area contributed by atoms with Crippen molar-refractivity contribution in [3.8, 4) is 0 Å². The van der Waals surface area contributed by atoms with Gasteiger partial charge in [0.05, 0.1) is 12.6 Å². The fourth-order valence-electron chi connectivity index (χ4n) is 1.17. The summed E-state index contributed by atoms with van der Waals surface area (Å²) in [5.41, 5.74) is 4.96. The Balaban J connectivity index is 3.92. The molecule has 0 aliphatic rings. The van der Waals surface area contributed by atoms with E-state index in [1.54, 1.807) is 6.92 Å². The van der Waals surface area contributed by atoms with Crippen LogP contribution in [-0.2, 0) is 9.59 Å². The van der Waals surface area contributed by atoms with E-state index in [2.05, 4.69) is 10.6 Å². The van der Waals surface area contributed by atoms with Crippen LogP contribution in [0.2, 0.25) is 0 Å². The Morgan fingerprint density at radius 3 is 2.20 bits per heavy atom. The van der Waals surface area contributed by atoms with E-state index in [0.29, 0.717) is 0 Å². The first-order valence-electron chi connectivity index (χ1n) is 5.33. The third-order valence-electron chi connectivity index (χ3n) is 2.31. The first-order chi connectivity index (χ1) is 7.01. The van der Waals surface area contributed by atoms with Gasteiger partial charge in [-0.2, -0.15) is 0 Å². The van der Waals surface area contributed by atoms with E-state index in [9.17, 15) is 9.59 Å². The van der Waals surface area contributed by atoms with Crippen LogP contribution in [0.4, 0.5) is 0 Å². The second-order valence-corrected chi connectivity index (χ2v) is 3.59. The molecule has 0 saturated heterocycles. The quantitative estimate of drug-likeness (QED) is 0.548. The zero-order chi connectivity index (χ0) is 11.8. The van der Waals surface area contributed by atoms with Gasteiger partial charge in [0, 0.05) is 6.04 Å². The summed E-state index contributed by atoms with van der Waals surface area (Å²) >= 11 is 0. The maximum Gasteiger partial charge on any atom is 0.237 e. The number of hydrogen-bond acceptors (Lipinski definition) is 3. The molecule has 0 aliphatic carbocycles. The Labute approximate surface area is 90.8 Å². The van der Waals surface area contributed by atoms with Gasteiger partial charge in [0.25, 0.3) is 0 Å². The molecular weight excluding hydrogens is 194 g/mol. The van der Waals surface area contributed by atoms with Gasteiger partial charge in [-0.05, 0) is 19.8 Å². The van der Waals surface area contributed by atoms with Crippen molar-refractivity contribution in [2.75, 3.05) is 6.54 Å². The van der Waals surface area contributed by atoms with Crippen LogP contribution in [-0.4, -0.2) is 30.4 Å². The van der Waals surface area contributed by atoms with E-state index in [-0.39, 0.29) is 18.5 Å². The Bertz CT molecular complexity index is 215. The predicted octanol–water partition coefficient (Wildman–Crippen LogP) is -0.245. The van der Waals surface area contributed by atoms with Gasteiger partial charge in [-0.25, -0.2) is 0 Å². The Kier molecular flexibility index (Phi) is 6.70. The number of amides is 2. The summed E-state index contributed by atoms with van der Waals surface area (Å²) in [5.74, 6) is -0.554. The number of carbonyl (C=O) groups excluding carboxylic acids is 2. The molecule has 1 unspecified atom stereocenters. The molecular formula is C10H21N3O2. The summed E-state index contributed by atoms with van der Waals surface area (Å²) in [5, 5.41) is 5.64. The molecule has 0 aromatic carbocycles. The molecule has 1 atom stereocenters. The second-order valence-electron chi connectivity index (χ2n) is 3.59. The van der Waals surface area contributed by atoms with Crippen LogP contribution in [0, 0.1) is 0 Å². The van der Waals surface area contributed by atoms with Crippen LogP contribution in [0.3, 0.4) is 0 Å². The molecule has 0 fully saturated rings. The van der Waals surface area contributed by atoms with Gasteiger partial charge in [-0.3, -0.25) is 14.9 Å². The van der Waals surface area contributed by atoms with Crippen molar-refractivity contribution in [3.05, 3.63) is 0 Å². The number of primary amides is 1. The lowest BCUT2D eigenvalue weighted by Gasteiger charge is -2.18. The van der Waals surface area contributed by atoms with Gasteiger partial charge in [0.15, 0.2) is 0 Å². The highest BCUT2D eigenvalue weighted by Gasteiger charge is 2.15. The van der Waals surface area contributed by atoms with Gasteiger partial charge in [-0.15, -0.1) is 0 Å². The molecule has 15 heavy (non-hydrogen) atoms. The summed E-state index contributed by atoms with van der Waals surface area (Å²) in [6.45, 7) is 5.78. The van der Waals surface area contributed by atoms with Gasteiger partial charge < -0.3 is 11.1 Å². The number of hydrogen-bond donors (Lipinski definition) is 3. The molecule has 0 radical (unpaired) electrons. The average molecular weight is 215 g/mol. The standard InChI is InChI=1S/C10H21N3O2/c1-4-8(5-2)13-10(15)7(3)12-6-9(11)14/h7-8,12H,4-6H2,1-3H3,(H2,11,14)(H,13,15). The zero-order valence-electron chi connectivity index (χ0n) is 9.67. The molecule has 2 amide bonds. The third-order valence-corrected chi connectivity index (χ3v) is 2.31. The fourth-order valence-corrected chi connectivity index (χ4v) is 1.17. The molecule has 0 aliphatic heterocycles.